The van der Waals surface area contributed by atoms with Gasteiger partial charge in [-0.3, -0.25) is 9.48 Å². The molecule has 2 aromatic carbocycles. The molecule has 0 unspecified atom stereocenters. The van der Waals surface area contributed by atoms with Crippen LogP contribution in [0.1, 0.15) is 16.7 Å². The van der Waals surface area contributed by atoms with E-state index >= 15 is 0 Å². The molecule has 3 rings (SSSR count). The second-order valence-electron chi connectivity index (χ2n) is 6.14. The SMILES string of the molecule is COc1ccc(/C=C/C(=O)NCc2ccccc2Cn2cccn2)cc1OC. The number of benzene rings is 2. The third-order valence-corrected chi connectivity index (χ3v) is 4.30. The van der Waals surface area contributed by atoms with Crippen molar-refractivity contribution in [2.75, 3.05) is 14.2 Å². The highest BCUT2D eigenvalue weighted by Gasteiger charge is 2.05. The summed E-state index contributed by atoms with van der Waals surface area (Å²) in [6.07, 6.45) is 6.93. The summed E-state index contributed by atoms with van der Waals surface area (Å²) in [6.45, 7) is 1.12. The van der Waals surface area contributed by atoms with E-state index < -0.39 is 0 Å². The van der Waals surface area contributed by atoms with E-state index in [2.05, 4.69) is 10.4 Å². The average Bonchev–Trinajstić information content (AvgIpc) is 3.24. The molecule has 1 aromatic heterocycles. The Kier molecular flexibility index (Phi) is 6.46. The second kappa shape index (κ2) is 9.41. The van der Waals surface area contributed by atoms with E-state index in [-0.39, 0.29) is 5.91 Å². The van der Waals surface area contributed by atoms with Gasteiger partial charge in [0.05, 0.1) is 20.8 Å². The Hall–Kier alpha value is -3.54. The van der Waals surface area contributed by atoms with Crippen LogP contribution in [0, 0.1) is 0 Å². The van der Waals surface area contributed by atoms with Crippen LogP contribution in [0.5, 0.6) is 11.5 Å². The Morgan fingerprint density at radius 3 is 2.57 bits per heavy atom. The molecule has 1 amide bonds. The zero-order valence-electron chi connectivity index (χ0n) is 16.0. The van der Waals surface area contributed by atoms with Gasteiger partial charge in [-0.05, 0) is 41.0 Å². The zero-order chi connectivity index (χ0) is 19.8. The smallest absolute Gasteiger partial charge is 0.244 e. The highest BCUT2D eigenvalue weighted by Crippen LogP contribution is 2.27. The topological polar surface area (TPSA) is 65.4 Å². The predicted molar refractivity (Wildman–Crippen MR) is 108 cm³/mol. The van der Waals surface area contributed by atoms with Gasteiger partial charge in [0.25, 0.3) is 0 Å². The summed E-state index contributed by atoms with van der Waals surface area (Å²) in [7, 11) is 3.17. The van der Waals surface area contributed by atoms with Gasteiger partial charge < -0.3 is 14.8 Å². The molecule has 0 aliphatic heterocycles. The maximum absolute atomic E-state index is 12.2. The van der Waals surface area contributed by atoms with Crippen LogP contribution in [0.15, 0.2) is 67.0 Å². The lowest BCUT2D eigenvalue weighted by atomic mass is 10.1. The highest BCUT2D eigenvalue weighted by molar-refractivity contribution is 5.91. The number of hydrogen-bond donors (Lipinski definition) is 1. The Bertz CT molecular complexity index is 949. The molecular formula is C22H23N3O3. The minimum absolute atomic E-state index is 0.163. The van der Waals surface area contributed by atoms with Crippen LogP contribution < -0.4 is 14.8 Å². The van der Waals surface area contributed by atoms with Crippen molar-refractivity contribution in [1.82, 2.24) is 15.1 Å². The first-order valence-corrected chi connectivity index (χ1v) is 8.91. The molecule has 0 radical (unpaired) electrons. The number of ether oxygens (including phenoxy) is 2. The van der Waals surface area contributed by atoms with Crippen LogP contribution in [0.2, 0.25) is 0 Å². The summed E-state index contributed by atoms with van der Waals surface area (Å²) in [5, 5.41) is 7.17. The first-order valence-electron chi connectivity index (χ1n) is 8.91. The lowest BCUT2D eigenvalue weighted by Crippen LogP contribution is -2.21. The van der Waals surface area contributed by atoms with Crippen LogP contribution in [-0.4, -0.2) is 29.9 Å². The molecule has 6 heteroatoms. The molecule has 0 aliphatic rings. The molecule has 6 nitrogen and oxygen atoms in total. The predicted octanol–water partition coefficient (Wildman–Crippen LogP) is 3.28. The molecule has 1 N–H and O–H groups in total. The van der Waals surface area contributed by atoms with E-state index in [0.29, 0.717) is 24.6 Å². The fourth-order valence-electron chi connectivity index (χ4n) is 2.82. The third kappa shape index (κ3) is 5.01. The fourth-order valence-corrected chi connectivity index (χ4v) is 2.82. The zero-order valence-corrected chi connectivity index (χ0v) is 16.0. The summed E-state index contributed by atoms with van der Waals surface area (Å²) in [6, 6.07) is 15.4. The lowest BCUT2D eigenvalue weighted by molar-refractivity contribution is -0.116. The molecule has 0 aliphatic carbocycles. The summed E-state index contributed by atoms with van der Waals surface area (Å²) in [5.74, 6) is 1.11. The average molecular weight is 377 g/mol. The van der Waals surface area contributed by atoms with Crippen LogP contribution >= 0.6 is 0 Å². The van der Waals surface area contributed by atoms with E-state index in [1.807, 2.05) is 59.4 Å². The van der Waals surface area contributed by atoms with Crippen LogP contribution in [-0.2, 0) is 17.9 Å². The number of methoxy groups -OCH3 is 2. The Balaban J connectivity index is 1.61. The van der Waals surface area contributed by atoms with E-state index in [1.54, 1.807) is 26.5 Å². The van der Waals surface area contributed by atoms with E-state index in [1.165, 1.54) is 6.08 Å². The number of hydrogen-bond acceptors (Lipinski definition) is 4. The lowest BCUT2D eigenvalue weighted by Gasteiger charge is -2.10. The molecule has 0 spiro atoms. The third-order valence-electron chi connectivity index (χ3n) is 4.30. The summed E-state index contributed by atoms with van der Waals surface area (Å²) >= 11 is 0. The maximum atomic E-state index is 12.2. The number of carbonyl (C=O) groups excluding carboxylic acids is 1. The van der Waals surface area contributed by atoms with Gasteiger partial charge in [-0.15, -0.1) is 0 Å². The minimum Gasteiger partial charge on any atom is -0.493 e. The number of rotatable bonds is 8. The van der Waals surface area contributed by atoms with Crippen molar-refractivity contribution >= 4 is 12.0 Å². The molecule has 1 heterocycles. The Morgan fingerprint density at radius 1 is 1.07 bits per heavy atom. The molecule has 0 atom stereocenters. The molecule has 0 fully saturated rings. The van der Waals surface area contributed by atoms with Gasteiger partial charge in [-0.2, -0.15) is 5.10 Å². The Labute approximate surface area is 164 Å². The molecule has 0 saturated heterocycles. The molecule has 0 saturated carbocycles. The van der Waals surface area contributed by atoms with Crippen LogP contribution in [0.25, 0.3) is 6.08 Å². The van der Waals surface area contributed by atoms with Gasteiger partial charge in [-0.25, -0.2) is 0 Å². The molecule has 3 aromatic rings. The van der Waals surface area contributed by atoms with Crippen molar-refractivity contribution in [3.05, 3.63) is 83.7 Å². The molecule has 144 valence electrons. The number of nitrogens with one attached hydrogen (secondary N) is 1. The van der Waals surface area contributed by atoms with Crippen molar-refractivity contribution in [3.8, 4) is 11.5 Å². The highest BCUT2D eigenvalue weighted by atomic mass is 16.5. The van der Waals surface area contributed by atoms with Gasteiger partial charge in [0, 0.05) is 25.0 Å². The number of carbonyl (C=O) groups is 1. The van der Waals surface area contributed by atoms with E-state index in [9.17, 15) is 4.79 Å². The minimum atomic E-state index is -0.163. The first-order chi connectivity index (χ1) is 13.7. The number of nitrogens with zero attached hydrogens (tertiary/aromatic N) is 2. The second-order valence-corrected chi connectivity index (χ2v) is 6.14. The van der Waals surface area contributed by atoms with Crippen LogP contribution in [0.3, 0.4) is 0 Å². The van der Waals surface area contributed by atoms with Crippen molar-refractivity contribution in [3.63, 3.8) is 0 Å². The normalized spacial score (nSPS) is 10.8. The number of aromatic nitrogens is 2. The van der Waals surface area contributed by atoms with Gasteiger partial charge in [0.15, 0.2) is 11.5 Å². The maximum Gasteiger partial charge on any atom is 0.244 e. The summed E-state index contributed by atoms with van der Waals surface area (Å²) < 4.78 is 12.4. The van der Waals surface area contributed by atoms with E-state index in [4.69, 9.17) is 9.47 Å². The van der Waals surface area contributed by atoms with Crippen molar-refractivity contribution in [2.24, 2.45) is 0 Å². The van der Waals surface area contributed by atoms with Crippen molar-refractivity contribution < 1.29 is 14.3 Å². The van der Waals surface area contributed by atoms with Gasteiger partial charge >= 0.3 is 0 Å². The van der Waals surface area contributed by atoms with Gasteiger partial charge in [-0.1, -0.05) is 30.3 Å². The largest absolute Gasteiger partial charge is 0.493 e. The molecule has 0 bridgehead atoms. The first kappa shape index (κ1) is 19.2. The van der Waals surface area contributed by atoms with Crippen molar-refractivity contribution in [2.45, 2.75) is 13.1 Å². The molecular weight excluding hydrogens is 354 g/mol. The van der Waals surface area contributed by atoms with Gasteiger partial charge in [0.2, 0.25) is 5.91 Å². The summed E-state index contributed by atoms with van der Waals surface area (Å²) in [5.41, 5.74) is 3.04. The van der Waals surface area contributed by atoms with E-state index in [0.717, 1.165) is 16.7 Å². The summed E-state index contributed by atoms with van der Waals surface area (Å²) in [4.78, 5) is 12.2. The van der Waals surface area contributed by atoms with Gasteiger partial charge in [0.1, 0.15) is 0 Å². The fraction of sp³-hybridized carbons (Fsp3) is 0.182. The van der Waals surface area contributed by atoms with Crippen LogP contribution in [0.4, 0.5) is 0 Å². The standard InChI is InChI=1S/C22H23N3O3/c1-27-20-10-8-17(14-21(20)28-2)9-11-22(26)23-15-18-6-3-4-7-19(18)16-25-13-5-12-24-25/h3-14H,15-16H2,1-2H3,(H,23,26)/b11-9+. The number of amides is 1. The molecule has 28 heavy (non-hydrogen) atoms. The monoisotopic (exact) mass is 377 g/mol. The quantitative estimate of drug-likeness (QED) is 0.612. The van der Waals surface area contributed by atoms with Crippen molar-refractivity contribution in [1.29, 1.82) is 0 Å². The Morgan fingerprint density at radius 2 is 1.86 bits per heavy atom.